The molecule has 0 bridgehead atoms. The summed E-state index contributed by atoms with van der Waals surface area (Å²) in [6, 6.07) is 14.0. The van der Waals surface area contributed by atoms with E-state index in [9.17, 15) is 4.79 Å². The van der Waals surface area contributed by atoms with Gasteiger partial charge in [0.2, 0.25) is 0 Å². The van der Waals surface area contributed by atoms with Crippen molar-refractivity contribution < 1.29 is 19.0 Å². The number of esters is 1. The molecule has 0 saturated carbocycles. The van der Waals surface area contributed by atoms with Gasteiger partial charge in [0, 0.05) is 18.2 Å². The molecule has 0 radical (unpaired) electrons. The molecule has 28 heavy (non-hydrogen) atoms. The van der Waals surface area contributed by atoms with Crippen LogP contribution in [0.3, 0.4) is 0 Å². The van der Waals surface area contributed by atoms with E-state index in [1.54, 1.807) is 6.07 Å². The lowest BCUT2D eigenvalue weighted by Gasteiger charge is -2.43. The van der Waals surface area contributed by atoms with Gasteiger partial charge in [-0.1, -0.05) is 45.0 Å². The van der Waals surface area contributed by atoms with Gasteiger partial charge in [0.05, 0.1) is 19.3 Å². The van der Waals surface area contributed by atoms with Gasteiger partial charge in [-0.2, -0.15) is 0 Å². The molecule has 5 nitrogen and oxygen atoms in total. The quantitative estimate of drug-likeness (QED) is 0.612. The SMILES string of the molecule is CC(=O)Oc1cccc(C2Nc3ccc(C(C)(C)C)cc3C3OCCOC23)c1. The van der Waals surface area contributed by atoms with Crippen LogP contribution < -0.4 is 10.1 Å². The molecule has 0 amide bonds. The fraction of sp³-hybridized carbons (Fsp3) is 0.435. The van der Waals surface area contributed by atoms with Gasteiger partial charge in [-0.3, -0.25) is 4.79 Å². The predicted molar refractivity (Wildman–Crippen MR) is 108 cm³/mol. The first-order valence-corrected chi connectivity index (χ1v) is 9.75. The molecule has 2 aliphatic heterocycles. The highest BCUT2D eigenvalue weighted by Crippen LogP contribution is 2.45. The van der Waals surface area contributed by atoms with Gasteiger partial charge < -0.3 is 19.5 Å². The summed E-state index contributed by atoms with van der Waals surface area (Å²) >= 11 is 0. The first-order chi connectivity index (χ1) is 13.3. The zero-order chi connectivity index (χ0) is 19.9. The third-order valence-electron chi connectivity index (χ3n) is 5.33. The number of hydrogen-bond donors (Lipinski definition) is 1. The Balaban J connectivity index is 1.73. The minimum Gasteiger partial charge on any atom is -0.427 e. The molecule has 148 valence electrons. The highest BCUT2D eigenvalue weighted by Gasteiger charge is 2.41. The number of hydrogen-bond acceptors (Lipinski definition) is 5. The third-order valence-corrected chi connectivity index (χ3v) is 5.33. The summed E-state index contributed by atoms with van der Waals surface area (Å²) in [5, 5.41) is 3.63. The van der Waals surface area contributed by atoms with Crippen molar-refractivity contribution in [3.8, 4) is 5.75 Å². The lowest BCUT2D eigenvalue weighted by Crippen LogP contribution is -2.43. The average Bonchev–Trinajstić information content (AvgIpc) is 2.66. The van der Waals surface area contributed by atoms with Crippen molar-refractivity contribution in [1.29, 1.82) is 0 Å². The summed E-state index contributed by atoms with van der Waals surface area (Å²) in [6.45, 7) is 9.19. The third kappa shape index (κ3) is 3.64. The highest BCUT2D eigenvalue weighted by atomic mass is 16.6. The second kappa shape index (κ2) is 7.22. The van der Waals surface area contributed by atoms with Crippen molar-refractivity contribution >= 4 is 11.7 Å². The molecular formula is C23H27NO4. The lowest BCUT2D eigenvalue weighted by atomic mass is 9.82. The summed E-state index contributed by atoms with van der Waals surface area (Å²) in [5.74, 6) is 0.206. The maximum atomic E-state index is 11.3. The Hall–Kier alpha value is -2.37. The summed E-state index contributed by atoms with van der Waals surface area (Å²) in [7, 11) is 0. The van der Waals surface area contributed by atoms with Crippen LogP contribution in [-0.4, -0.2) is 25.3 Å². The van der Waals surface area contributed by atoms with E-state index in [0.29, 0.717) is 19.0 Å². The summed E-state index contributed by atoms with van der Waals surface area (Å²) < 4.78 is 17.6. The molecule has 2 heterocycles. The monoisotopic (exact) mass is 381 g/mol. The van der Waals surface area contributed by atoms with Gasteiger partial charge in [-0.25, -0.2) is 0 Å². The molecule has 0 aromatic heterocycles. The second-order valence-corrected chi connectivity index (χ2v) is 8.47. The van der Waals surface area contributed by atoms with Crippen LogP contribution in [0.5, 0.6) is 5.75 Å². The zero-order valence-corrected chi connectivity index (χ0v) is 16.8. The molecule has 5 heteroatoms. The van der Waals surface area contributed by atoms with E-state index in [1.807, 2.05) is 18.2 Å². The molecule has 0 spiro atoms. The van der Waals surface area contributed by atoms with E-state index < -0.39 is 0 Å². The van der Waals surface area contributed by atoms with E-state index >= 15 is 0 Å². The highest BCUT2D eigenvalue weighted by molar-refractivity contribution is 5.69. The number of ether oxygens (including phenoxy) is 3. The van der Waals surface area contributed by atoms with Crippen molar-refractivity contribution in [3.63, 3.8) is 0 Å². The Morgan fingerprint density at radius 1 is 1.11 bits per heavy atom. The maximum Gasteiger partial charge on any atom is 0.308 e. The fourth-order valence-electron chi connectivity index (χ4n) is 3.94. The molecule has 1 N–H and O–H groups in total. The van der Waals surface area contributed by atoms with Crippen LogP contribution in [0.1, 0.15) is 56.5 Å². The summed E-state index contributed by atoms with van der Waals surface area (Å²) in [6.07, 6.45) is -0.279. The van der Waals surface area contributed by atoms with Crippen LogP contribution in [0.2, 0.25) is 0 Å². The first-order valence-electron chi connectivity index (χ1n) is 9.75. The first kappa shape index (κ1) is 19.0. The normalized spacial score (nSPS) is 23.9. The molecule has 2 aromatic carbocycles. The van der Waals surface area contributed by atoms with E-state index in [-0.39, 0.29) is 29.6 Å². The molecule has 0 aliphatic carbocycles. The standard InChI is InChI=1S/C23H27NO4/c1-14(25)28-17-7-5-6-15(12-17)20-22-21(26-10-11-27-22)18-13-16(23(2,3)4)8-9-19(18)24-20/h5-9,12-13,20-22,24H,10-11H2,1-4H3. The van der Waals surface area contributed by atoms with Crippen molar-refractivity contribution in [2.24, 2.45) is 0 Å². The topological polar surface area (TPSA) is 56.8 Å². The molecule has 2 aromatic rings. The van der Waals surface area contributed by atoms with Crippen molar-refractivity contribution in [2.75, 3.05) is 18.5 Å². The van der Waals surface area contributed by atoms with Gasteiger partial charge in [0.15, 0.2) is 0 Å². The Morgan fingerprint density at radius 3 is 2.64 bits per heavy atom. The van der Waals surface area contributed by atoms with Crippen molar-refractivity contribution in [3.05, 3.63) is 59.2 Å². The molecule has 4 rings (SSSR count). The van der Waals surface area contributed by atoms with Gasteiger partial charge in [0.25, 0.3) is 0 Å². The largest absolute Gasteiger partial charge is 0.427 e. The Labute approximate surface area is 166 Å². The Bertz CT molecular complexity index is 886. The lowest BCUT2D eigenvalue weighted by molar-refractivity contribution is -0.151. The molecule has 3 atom stereocenters. The van der Waals surface area contributed by atoms with Crippen molar-refractivity contribution in [1.82, 2.24) is 0 Å². The van der Waals surface area contributed by atoms with Gasteiger partial charge in [-0.05, 0) is 34.7 Å². The molecular weight excluding hydrogens is 354 g/mol. The van der Waals surface area contributed by atoms with Crippen LogP contribution in [-0.2, 0) is 19.7 Å². The number of carbonyl (C=O) groups excluding carboxylic acids is 1. The van der Waals surface area contributed by atoms with Crippen LogP contribution in [0, 0.1) is 0 Å². The number of carbonyl (C=O) groups is 1. The number of benzene rings is 2. The van der Waals surface area contributed by atoms with Crippen LogP contribution >= 0.6 is 0 Å². The van der Waals surface area contributed by atoms with Crippen LogP contribution in [0.15, 0.2) is 42.5 Å². The minimum atomic E-state index is -0.330. The van der Waals surface area contributed by atoms with Crippen molar-refractivity contribution in [2.45, 2.75) is 51.4 Å². The van der Waals surface area contributed by atoms with Crippen LogP contribution in [0.25, 0.3) is 0 Å². The Morgan fingerprint density at radius 2 is 1.89 bits per heavy atom. The molecule has 1 saturated heterocycles. The van der Waals surface area contributed by atoms with E-state index in [2.05, 4.69) is 44.3 Å². The average molecular weight is 381 g/mol. The fourth-order valence-corrected chi connectivity index (χ4v) is 3.94. The Kier molecular flexibility index (Phi) is 4.89. The maximum absolute atomic E-state index is 11.3. The second-order valence-electron chi connectivity index (χ2n) is 8.47. The number of anilines is 1. The van der Waals surface area contributed by atoms with Gasteiger partial charge >= 0.3 is 5.97 Å². The molecule has 2 aliphatic rings. The molecule has 3 unspecified atom stereocenters. The minimum absolute atomic E-state index is 0.0647. The van der Waals surface area contributed by atoms with E-state index in [0.717, 1.165) is 16.8 Å². The number of fused-ring (bicyclic) bond motifs is 3. The van der Waals surface area contributed by atoms with Gasteiger partial charge in [0.1, 0.15) is 18.0 Å². The number of rotatable bonds is 2. The van der Waals surface area contributed by atoms with E-state index in [4.69, 9.17) is 14.2 Å². The summed E-state index contributed by atoms with van der Waals surface area (Å²) in [5.41, 5.74) is 4.54. The van der Waals surface area contributed by atoms with Crippen LogP contribution in [0.4, 0.5) is 5.69 Å². The number of nitrogens with one attached hydrogen (secondary N) is 1. The molecule has 1 fully saturated rings. The zero-order valence-electron chi connectivity index (χ0n) is 16.8. The smallest absolute Gasteiger partial charge is 0.308 e. The van der Waals surface area contributed by atoms with Gasteiger partial charge in [-0.15, -0.1) is 0 Å². The van der Waals surface area contributed by atoms with E-state index in [1.165, 1.54) is 12.5 Å². The summed E-state index contributed by atoms with van der Waals surface area (Å²) in [4.78, 5) is 11.3. The predicted octanol–water partition coefficient (Wildman–Crippen LogP) is 4.53.